The highest BCUT2D eigenvalue weighted by molar-refractivity contribution is 5.77. The van der Waals surface area contributed by atoms with Crippen LogP contribution in [0.25, 0.3) is 11.1 Å². The minimum absolute atomic E-state index is 0.0122. The highest BCUT2D eigenvalue weighted by Gasteiger charge is 2.23. The fourth-order valence-electron chi connectivity index (χ4n) is 2.73. The van der Waals surface area contributed by atoms with E-state index in [1.165, 1.54) is 12.1 Å². The third kappa shape index (κ3) is 2.59. The van der Waals surface area contributed by atoms with E-state index in [9.17, 15) is 4.39 Å². The summed E-state index contributed by atoms with van der Waals surface area (Å²) in [6.45, 7) is 0.480. The molecule has 2 N–H and O–H groups in total. The first-order valence-corrected chi connectivity index (χ1v) is 7.05. The lowest BCUT2D eigenvalue weighted by molar-refractivity contribution is 0.182. The van der Waals surface area contributed by atoms with Crippen molar-refractivity contribution in [2.45, 2.75) is 18.9 Å². The van der Waals surface area contributed by atoms with E-state index in [2.05, 4.69) is 0 Å². The van der Waals surface area contributed by atoms with Crippen molar-refractivity contribution in [2.24, 2.45) is 5.73 Å². The first kappa shape index (κ1) is 13.9. The van der Waals surface area contributed by atoms with Crippen LogP contribution in [0.1, 0.15) is 12.0 Å². The molecule has 0 aliphatic carbocycles. The van der Waals surface area contributed by atoms with Crippen molar-refractivity contribution >= 4 is 0 Å². The molecule has 0 radical (unpaired) electrons. The van der Waals surface area contributed by atoms with Crippen molar-refractivity contribution in [1.82, 2.24) is 0 Å². The Morgan fingerprint density at radius 1 is 1.29 bits per heavy atom. The zero-order valence-corrected chi connectivity index (χ0v) is 11.9. The molecule has 0 saturated heterocycles. The summed E-state index contributed by atoms with van der Waals surface area (Å²) in [5, 5.41) is 0. The summed E-state index contributed by atoms with van der Waals surface area (Å²) in [5.41, 5.74) is 8.40. The molecule has 0 unspecified atom stereocenters. The van der Waals surface area contributed by atoms with Gasteiger partial charge in [-0.1, -0.05) is 18.2 Å². The van der Waals surface area contributed by atoms with E-state index in [-0.39, 0.29) is 11.9 Å². The van der Waals surface area contributed by atoms with Crippen molar-refractivity contribution < 1.29 is 13.9 Å². The zero-order valence-electron chi connectivity index (χ0n) is 11.9. The molecule has 1 heterocycles. The summed E-state index contributed by atoms with van der Waals surface area (Å²) in [4.78, 5) is 0. The van der Waals surface area contributed by atoms with Crippen molar-refractivity contribution in [1.29, 1.82) is 0 Å². The average molecular weight is 287 g/mol. The van der Waals surface area contributed by atoms with Crippen LogP contribution < -0.4 is 15.2 Å². The zero-order chi connectivity index (χ0) is 14.8. The molecule has 1 aliphatic rings. The van der Waals surface area contributed by atoms with E-state index >= 15 is 0 Å². The van der Waals surface area contributed by atoms with Crippen LogP contribution in [-0.4, -0.2) is 19.8 Å². The topological polar surface area (TPSA) is 44.5 Å². The second-order valence-electron chi connectivity index (χ2n) is 5.15. The van der Waals surface area contributed by atoms with Gasteiger partial charge in [-0.2, -0.15) is 0 Å². The Morgan fingerprint density at radius 3 is 2.90 bits per heavy atom. The maximum absolute atomic E-state index is 13.6. The van der Waals surface area contributed by atoms with Gasteiger partial charge in [-0.15, -0.1) is 0 Å². The number of aryl methyl sites for hydroxylation is 1. The molecule has 0 fully saturated rings. The number of hydrogen-bond acceptors (Lipinski definition) is 3. The smallest absolute Gasteiger partial charge is 0.130 e. The average Bonchev–Trinajstić information content (AvgIpc) is 2.53. The van der Waals surface area contributed by atoms with Gasteiger partial charge in [0.1, 0.15) is 23.4 Å². The molecule has 0 amide bonds. The van der Waals surface area contributed by atoms with Crippen molar-refractivity contribution in [3.8, 4) is 22.6 Å². The monoisotopic (exact) mass is 287 g/mol. The van der Waals surface area contributed by atoms with Gasteiger partial charge in [0, 0.05) is 17.7 Å². The first-order valence-electron chi connectivity index (χ1n) is 7.05. The molecular weight excluding hydrogens is 269 g/mol. The summed E-state index contributed by atoms with van der Waals surface area (Å²) in [5.74, 6) is 1.13. The maximum Gasteiger partial charge on any atom is 0.130 e. The van der Waals surface area contributed by atoms with Gasteiger partial charge < -0.3 is 15.2 Å². The van der Waals surface area contributed by atoms with E-state index in [4.69, 9.17) is 15.2 Å². The van der Waals surface area contributed by atoms with Gasteiger partial charge in [-0.05, 0) is 36.6 Å². The molecule has 110 valence electrons. The Labute approximate surface area is 123 Å². The van der Waals surface area contributed by atoms with Gasteiger partial charge in [-0.25, -0.2) is 4.39 Å². The number of fused-ring (bicyclic) bond motifs is 1. The van der Waals surface area contributed by atoms with Gasteiger partial charge in [-0.3, -0.25) is 0 Å². The summed E-state index contributed by atoms with van der Waals surface area (Å²) < 4.78 is 25.0. The maximum atomic E-state index is 13.6. The van der Waals surface area contributed by atoms with Gasteiger partial charge in [0.05, 0.1) is 7.11 Å². The lowest BCUT2D eigenvalue weighted by Gasteiger charge is -2.27. The molecule has 3 rings (SSSR count). The number of benzene rings is 2. The van der Waals surface area contributed by atoms with Gasteiger partial charge in [0.2, 0.25) is 0 Å². The fraction of sp³-hybridized carbons (Fsp3) is 0.294. The molecule has 1 aliphatic heterocycles. The second-order valence-corrected chi connectivity index (χ2v) is 5.15. The highest BCUT2D eigenvalue weighted by Crippen LogP contribution is 2.41. The number of halogens is 1. The van der Waals surface area contributed by atoms with Crippen molar-refractivity contribution in [3.05, 3.63) is 47.8 Å². The molecule has 0 bridgehead atoms. The van der Waals surface area contributed by atoms with Crippen LogP contribution in [0.2, 0.25) is 0 Å². The minimum atomic E-state index is -0.297. The molecule has 4 heteroatoms. The molecule has 0 spiro atoms. The Morgan fingerprint density at radius 2 is 2.14 bits per heavy atom. The second kappa shape index (κ2) is 5.74. The van der Waals surface area contributed by atoms with Crippen molar-refractivity contribution in [2.75, 3.05) is 13.7 Å². The van der Waals surface area contributed by atoms with E-state index < -0.39 is 0 Å². The third-order valence-corrected chi connectivity index (χ3v) is 3.83. The van der Waals surface area contributed by atoms with Crippen molar-refractivity contribution in [3.63, 3.8) is 0 Å². The van der Waals surface area contributed by atoms with Crippen LogP contribution in [-0.2, 0) is 6.42 Å². The molecule has 2 aromatic carbocycles. The summed E-state index contributed by atoms with van der Waals surface area (Å²) in [6.07, 6.45) is 1.84. The Bertz CT molecular complexity index is 657. The standard InChI is InChI=1S/C17H18FNO2/c1-20-16-8-6-12(18)9-15(16)14-4-2-3-11-5-7-13(10-19)21-17(11)14/h2-4,6,8-9,13H,5,7,10,19H2,1H3/t13-/m1/s1. The SMILES string of the molecule is COc1ccc(F)cc1-c1cccc2c1O[C@@H](CN)CC2. The van der Waals surface area contributed by atoms with E-state index in [1.54, 1.807) is 13.2 Å². The third-order valence-electron chi connectivity index (χ3n) is 3.83. The number of hydrogen-bond donors (Lipinski definition) is 1. The fourth-order valence-corrected chi connectivity index (χ4v) is 2.73. The predicted molar refractivity (Wildman–Crippen MR) is 80.2 cm³/mol. The van der Waals surface area contributed by atoms with Crippen LogP contribution in [0, 0.1) is 5.82 Å². The Hall–Kier alpha value is -2.07. The first-order chi connectivity index (χ1) is 10.2. The highest BCUT2D eigenvalue weighted by atomic mass is 19.1. The quantitative estimate of drug-likeness (QED) is 0.943. The summed E-state index contributed by atoms with van der Waals surface area (Å²) >= 11 is 0. The molecule has 2 aromatic rings. The van der Waals surface area contributed by atoms with Gasteiger partial charge in [0.15, 0.2) is 0 Å². The molecule has 0 saturated carbocycles. The number of para-hydroxylation sites is 1. The summed E-state index contributed by atoms with van der Waals surface area (Å²) in [6, 6.07) is 10.4. The predicted octanol–water partition coefficient (Wildman–Crippen LogP) is 3.15. The largest absolute Gasteiger partial charge is 0.496 e. The lowest BCUT2D eigenvalue weighted by atomic mass is 9.95. The van der Waals surface area contributed by atoms with E-state index in [0.29, 0.717) is 17.9 Å². The number of nitrogens with two attached hydrogens (primary N) is 1. The van der Waals surface area contributed by atoms with Gasteiger partial charge >= 0.3 is 0 Å². The number of ether oxygens (including phenoxy) is 2. The normalized spacial score (nSPS) is 17.0. The number of rotatable bonds is 3. The molecule has 1 atom stereocenters. The van der Waals surface area contributed by atoms with Crippen LogP contribution in [0.15, 0.2) is 36.4 Å². The van der Waals surface area contributed by atoms with Crippen LogP contribution in [0.5, 0.6) is 11.5 Å². The van der Waals surface area contributed by atoms with E-state index in [1.807, 2.05) is 18.2 Å². The van der Waals surface area contributed by atoms with Crippen LogP contribution in [0.4, 0.5) is 4.39 Å². The number of methoxy groups -OCH3 is 1. The Kier molecular flexibility index (Phi) is 3.80. The molecule has 21 heavy (non-hydrogen) atoms. The van der Waals surface area contributed by atoms with Crippen LogP contribution in [0.3, 0.4) is 0 Å². The van der Waals surface area contributed by atoms with Gasteiger partial charge in [0.25, 0.3) is 0 Å². The molecule has 0 aromatic heterocycles. The molecule has 3 nitrogen and oxygen atoms in total. The lowest BCUT2D eigenvalue weighted by Crippen LogP contribution is -2.30. The van der Waals surface area contributed by atoms with E-state index in [0.717, 1.165) is 29.7 Å². The molecular formula is C17H18FNO2. The van der Waals surface area contributed by atoms with Crippen LogP contribution >= 0.6 is 0 Å². The summed E-state index contributed by atoms with van der Waals surface area (Å²) in [7, 11) is 1.58. The minimum Gasteiger partial charge on any atom is -0.496 e. The Balaban J connectivity index is 2.14.